The van der Waals surface area contributed by atoms with Crippen LogP contribution in [-0.4, -0.2) is 35.5 Å². The molecule has 1 aromatic heterocycles. The van der Waals surface area contributed by atoms with Crippen molar-refractivity contribution in [3.05, 3.63) is 21.9 Å². The Bertz CT molecular complexity index is 456. The summed E-state index contributed by atoms with van der Waals surface area (Å²) in [6.45, 7) is 9.96. The van der Waals surface area contributed by atoms with Crippen molar-refractivity contribution in [2.75, 3.05) is 13.1 Å². The molecule has 20 heavy (non-hydrogen) atoms. The number of nitrogens with two attached hydrogens (primary N) is 1. The Hall–Kier alpha value is -0.910. The molecule has 1 aliphatic rings. The molecule has 0 aromatic carbocycles. The van der Waals surface area contributed by atoms with Gasteiger partial charge >= 0.3 is 0 Å². The molecule has 1 fully saturated rings. The third-order valence-electron chi connectivity index (χ3n) is 3.95. The first-order valence-corrected chi connectivity index (χ1v) is 8.10. The molecule has 112 valence electrons. The monoisotopic (exact) mass is 295 g/mol. The van der Waals surface area contributed by atoms with Crippen molar-refractivity contribution in [1.29, 1.82) is 0 Å². The van der Waals surface area contributed by atoms with E-state index < -0.39 is 0 Å². The lowest BCUT2D eigenvalue weighted by Crippen LogP contribution is -2.49. The van der Waals surface area contributed by atoms with E-state index in [2.05, 4.69) is 31.0 Å². The largest absolute Gasteiger partial charge is 0.366 e. The molecule has 0 radical (unpaired) electrons. The standard InChI is InChI=1S/C15H25N3OS/c1-15(2,3)18-6-4-12(5-7-18)17-9-13-8-11(10-20-13)14(16)19/h8,10,12,17H,4-7,9H2,1-3H3,(H2,16,19). The van der Waals surface area contributed by atoms with E-state index in [-0.39, 0.29) is 11.4 Å². The van der Waals surface area contributed by atoms with Gasteiger partial charge in [-0.3, -0.25) is 9.69 Å². The molecule has 0 bridgehead atoms. The zero-order chi connectivity index (χ0) is 14.8. The van der Waals surface area contributed by atoms with Gasteiger partial charge in [0.1, 0.15) is 0 Å². The number of carbonyl (C=O) groups excluding carboxylic acids is 1. The van der Waals surface area contributed by atoms with E-state index in [0.29, 0.717) is 11.6 Å². The summed E-state index contributed by atoms with van der Waals surface area (Å²) in [4.78, 5) is 14.8. The summed E-state index contributed by atoms with van der Waals surface area (Å²) in [5.41, 5.74) is 6.16. The van der Waals surface area contributed by atoms with Crippen molar-refractivity contribution in [2.45, 2.75) is 51.7 Å². The van der Waals surface area contributed by atoms with E-state index in [4.69, 9.17) is 5.73 Å². The molecule has 1 aromatic rings. The Morgan fingerprint density at radius 1 is 1.45 bits per heavy atom. The van der Waals surface area contributed by atoms with Crippen LogP contribution in [0.1, 0.15) is 48.8 Å². The number of hydrogen-bond acceptors (Lipinski definition) is 4. The summed E-state index contributed by atoms with van der Waals surface area (Å²) in [7, 11) is 0. The van der Waals surface area contributed by atoms with Gasteiger partial charge in [0.15, 0.2) is 0 Å². The summed E-state index contributed by atoms with van der Waals surface area (Å²) < 4.78 is 0. The minimum absolute atomic E-state index is 0.273. The van der Waals surface area contributed by atoms with Crippen LogP contribution in [0.2, 0.25) is 0 Å². The molecule has 0 spiro atoms. The Kier molecular flexibility index (Phi) is 4.83. The van der Waals surface area contributed by atoms with Gasteiger partial charge in [0.05, 0.1) is 5.56 Å². The highest BCUT2D eigenvalue weighted by atomic mass is 32.1. The minimum Gasteiger partial charge on any atom is -0.366 e. The number of hydrogen-bond donors (Lipinski definition) is 2. The van der Waals surface area contributed by atoms with Crippen molar-refractivity contribution in [2.24, 2.45) is 5.73 Å². The van der Waals surface area contributed by atoms with Gasteiger partial charge in [-0.1, -0.05) is 0 Å². The highest BCUT2D eigenvalue weighted by Crippen LogP contribution is 2.21. The molecule has 2 rings (SSSR count). The van der Waals surface area contributed by atoms with E-state index in [1.165, 1.54) is 17.7 Å². The van der Waals surface area contributed by atoms with Crippen LogP contribution in [0.25, 0.3) is 0 Å². The van der Waals surface area contributed by atoms with Crippen molar-refractivity contribution in [1.82, 2.24) is 10.2 Å². The molecule has 1 aliphatic heterocycles. The third-order valence-corrected chi connectivity index (χ3v) is 4.88. The highest BCUT2D eigenvalue weighted by molar-refractivity contribution is 7.10. The lowest BCUT2D eigenvalue weighted by atomic mass is 9.98. The van der Waals surface area contributed by atoms with E-state index in [1.807, 2.05) is 11.4 Å². The van der Waals surface area contributed by atoms with Crippen molar-refractivity contribution in [3.63, 3.8) is 0 Å². The van der Waals surface area contributed by atoms with Gasteiger partial charge in [-0.15, -0.1) is 11.3 Å². The second-order valence-corrected chi connectivity index (χ2v) is 7.47. The van der Waals surface area contributed by atoms with E-state index in [1.54, 1.807) is 11.3 Å². The van der Waals surface area contributed by atoms with Gasteiger partial charge in [-0.2, -0.15) is 0 Å². The summed E-state index contributed by atoms with van der Waals surface area (Å²) in [5, 5.41) is 5.43. The lowest BCUT2D eigenvalue weighted by Gasteiger charge is -2.41. The van der Waals surface area contributed by atoms with Crippen LogP contribution >= 0.6 is 11.3 Å². The Morgan fingerprint density at radius 2 is 2.10 bits per heavy atom. The van der Waals surface area contributed by atoms with Gasteiger partial charge in [0.2, 0.25) is 5.91 Å². The van der Waals surface area contributed by atoms with Gasteiger partial charge in [-0.25, -0.2) is 0 Å². The SMILES string of the molecule is CC(C)(C)N1CCC(NCc2cc(C(N)=O)cs2)CC1. The maximum absolute atomic E-state index is 11.1. The van der Waals surface area contributed by atoms with Crippen LogP contribution in [-0.2, 0) is 6.54 Å². The minimum atomic E-state index is -0.342. The van der Waals surface area contributed by atoms with E-state index in [0.717, 1.165) is 19.6 Å². The molecule has 1 saturated heterocycles. The second-order valence-electron chi connectivity index (χ2n) is 6.48. The molecule has 0 atom stereocenters. The van der Waals surface area contributed by atoms with Crippen LogP contribution in [0.15, 0.2) is 11.4 Å². The molecule has 5 heteroatoms. The Labute approximate surface area is 125 Å². The molecule has 0 saturated carbocycles. The molecule has 1 amide bonds. The van der Waals surface area contributed by atoms with Crippen LogP contribution in [0.3, 0.4) is 0 Å². The predicted octanol–water partition coefficient (Wildman–Crippen LogP) is 2.20. The number of primary amides is 1. The molecule has 0 unspecified atom stereocenters. The summed E-state index contributed by atoms with van der Waals surface area (Å²) in [6, 6.07) is 2.47. The molecular formula is C15H25N3OS. The normalized spacial score (nSPS) is 18.4. The van der Waals surface area contributed by atoms with E-state index in [9.17, 15) is 4.79 Å². The number of rotatable bonds is 4. The van der Waals surface area contributed by atoms with Crippen LogP contribution < -0.4 is 11.1 Å². The topological polar surface area (TPSA) is 58.4 Å². The fourth-order valence-electron chi connectivity index (χ4n) is 2.60. The van der Waals surface area contributed by atoms with Crippen LogP contribution in [0.4, 0.5) is 0 Å². The number of nitrogens with zero attached hydrogens (tertiary/aromatic N) is 1. The molecular weight excluding hydrogens is 270 g/mol. The second kappa shape index (κ2) is 6.24. The van der Waals surface area contributed by atoms with Crippen molar-refractivity contribution < 1.29 is 4.79 Å². The number of carbonyl (C=O) groups is 1. The van der Waals surface area contributed by atoms with Gasteiger partial charge in [0, 0.05) is 41.5 Å². The van der Waals surface area contributed by atoms with Gasteiger partial charge in [-0.05, 0) is 39.7 Å². The Morgan fingerprint density at radius 3 is 2.60 bits per heavy atom. The molecule has 3 N–H and O–H groups in total. The quantitative estimate of drug-likeness (QED) is 0.895. The fraction of sp³-hybridized carbons (Fsp3) is 0.667. The van der Waals surface area contributed by atoms with Gasteiger partial charge < -0.3 is 11.1 Å². The molecule has 4 nitrogen and oxygen atoms in total. The van der Waals surface area contributed by atoms with Crippen LogP contribution in [0, 0.1) is 0 Å². The number of likely N-dealkylation sites (tertiary alicyclic amines) is 1. The Balaban J connectivity index is 1.77. The zero-order valence-electron chi connectivity index (χ0n) is 12.6. The molecule has 0 aliphatic carbocycles. The first kappa shape index (κ1) is 15.5. The summed E-state index contributed by atoms with van der Waals surface area (Å²) in [5.74, 6) is -0.342. The fourth-order valence-corrected chi connectivity index (χ4v) is 3.43. The van der Waals surface area contributed by atoms with Crippen molar-refractivity contribution >= 4 is 17.2 Å². The number of piperidine rings is 1. The van der Waals surface area contributed by atoms with Crippen molar-refractivity contribution in [3.8, 4) is 0 Å². The lowest BCUT2D eigenvalue weighted by molar-refractivity contribution is 0.0961. The average Bonchev–Trinajstić information content (AvgIpc) is 2.85. The zero-order valence-corrected chi connectivity index (χ0v) is 13.4. The maximum atomic E-state index is 11.1. The van der Waals surface area contributed by atoms with Crippen LogP contribution in [0.5, 0.6) is 0 Å². The summed E-state index contributed by atoms with van der Waals surface area (Å²) >= 11 is 1.60. The van der Waals surface area contributed by atoms with Gasteiger partial charge in [0.25, 0.3) is 0 Å². The smallest absolute Gasteiger partial charge is 0.249 e. The average molecular weight is 295 g/mol. The first-order chi connectivity index (χ1) is 9.36. The highest BCUT2D eigenvalue weighted by Gasteiger charge is 2.26. The number of thiophene rings is 1. The first-order valence-electron chi connectivity index (χ1n) is 7.22. The van der Waals surface area contributed by atoms with E-state index >= 15 is 0 Å². The maximum Gasteiger partial charge on any atom is 0.249 e. The summed E-state index contributed by atoms with van der Waals surface area (Å²) in [6.07, 6.45) is 2.37. The third kappa shape index (κ3) is 4.04. The predicted molar refractivity (Wildman–Crippen MR) is 84.0 cm³/mol. The molecule has 2 heterocycles. The number of amides is 1. The number of nitrogens with one attached hydrogen (secondary N) is 1.